The molecule has 138 valence electrons. The van der Waals surface area contributed by atoms with Gasteiger partial charge >= 0.3 is 0 Å². The molecule has 0 saturated heterocycles. The van der Waals surface area contributed by atoms with E-state index >= 15 is 0 Å². The minimum absolute atomic E-state index is 0.0770. The first kappa shape index (κ1) is 17.3. The maximum absolute atomic E-state index is 12.5. The lowest BCUT2D eigenvalue weighted by atomic mass is 9.47. The lowest BCUT2D eigenvalue weighted by Crippen LogP contribution is -2.50. The number of hydrogen-bond acceptors (Lipinski definition) is 3. The highest BCUT2D eigenvalue weighted by Gasteiger charge is 2.59. The number of fused-ring (bicyclic) bond motifs is 5. The highest BCUT2D eigenvalue weighted by Crippen LogP contribution is 2.66. The van der Waals surface area contributed by atoms with Gasteiger partial charge in [0.1, 0.15) is 0 Å². The molecule has 0 radical (unpaired) electrons. The van der Waals surface area contributed by atoms with Crippen molar-refractivity contribution in [3.8, 4) is 0 Å². The van der Waals surface area contributed by atoms with Crippen LogP contribution in [0.4, 0.5) is 0 Å². The Kier molecular flexibility index (Phi) is 4.14. The van der Waals surface area contributed by atoms with Crippen molar-refractivity contribution in [3.63, 3.8) is 0 Å². The van der Waals surface area contributed by atoms with Gasteiger partial charge in [-0.3, -0.25) is 4.79 Å². The van der Waals surface area contributed by atoms with E-state index in [0.717, 1.165) is 51.2 Å². The molecule has 4 aliphatic rings. The molecule has 3 saturated carbocycles. The van der Waals surface area contributed by atoms with Gasteiger partial charge in [0.15, 0.2) is 5.78 Å². The molecule has 3 nitrogen and oxygen atoms in total. The molecule has 0 aliphatic heterocycles. The van der Waals surface area contributed by atoms with Crippen molar-refractivity contribution < 1.29 is 15.0 Å². The van der Waals surface area contributed by atoms with Crippen molar-refractivity contribution >= 4 is 5.78 Å². The monoisotopic (exact) mass is 344 g/mol. The largest absolute Gasteiger partial charge is 0.515 e. The van der Waals surface area contributed by atoms with Crippen LogP contribution in [0.1, 0.15) is 65.2 Å². The highest BCUT2D eigenvalue weighted by molar-refractivity contribution is 5.92. The SMILES string of the molecule is C[C@]12CC[C@H]3[C@@H](CC=C4C[C@@H](O)CC[C@@]43C)[C@@H]1CC[C@@H]2C(=O)/C=C/O. The van der Waals surface area contributed by atoms with E-state index < -0.39 is 0 Å². The molecule has 0 aromatic rings. The van der Waals surface area contributed by atoms with Crippen LogP contribution in [-0.4, -0.2) is 22.1 Å². The molecule has 0 spiro atoms. The third kappa shape index (κ3) is 2.45. The standard InChI is InChI=1S/C22H32O3/c1-21-10-7-15(24)13-14(21)3-4-16-17-5-6-19(20(25)9-12-23)22(17,2)11-8-18(16)21/h3,9,12,15-19,23-24H,4-8,10-11,13H2,1-2H3/b12-9+/t15-,16-,17-,18-,19+,21-,22-/m0/s1. The third-order valence-corrected chi connectivity index (χ3v) is 8.66. The zero-order chi connectivity index (χ0) is 17.8. The summed E-state index contributed by atoms with van der Waals surface area (Å²) in [6.45, 7) is 4.77. The molecule has 0 aromatic heterocycles. The summed E-state index contributed by atoms with van der Waals surface area (Å²) in [7, 11) is 0. The first-order chi connectivity index (χ1) is 11.9. The number of allylic oxidation sites excluding steroid dienone is 2. The Morgan fingerprint density at radius 3 is 2.72 bits per heavy atom. The molecule has 3 heteroatoms. The second-order valence-corrected chi connectivity index (χ2v) is 9.55. The van der Waals surface area contributed by atoms with Crippen molar-refractivity contribution in [1.82, 2.24) is 0 Å². The van der Waals surface area contributed by atoms with Gasteiger partial charge in [-0.05, 0) is 80.0 Å². The molecule has 0 amide bonds. The molecular formula is C22H32O3. The maximum atomic E-state index is 12.5. The van der Waals surface area contributed by atoms with Gasteiger partial charge in [-0.15, -0.1) is 0 Å². The Bertz CT molecular complexity index is 621. The first-order valence-corrected chi connectivity index (χ1v) is 10.1. The van der Waals surface area contributed by atoms with E-state index in [1.54, 1.807) is 0 Å². The Morgan fingerprint density at radius 1 is 1.16 bits per heavy atom. The highest BCUT2D eigenvalue weighted by atomic mass is 16.3. The summed E-state index contributed by atoms with van der Waals surface area (Å²) in [5.41, 5.74) is 1.86. The molecule has 3 fully saturated rings. The molecule has 7 atom stereocenters. The first-order valence-electron chi connectivity index (χ1n) is 10.1. The summed E-state index contributed by atoms with van der Waals surface area (Å²) in [4.78, 5) is 12.5. The van der Waals surface area contributed by atoms with Crippen LogP contribution in [-0.2, 0) is 4.79 Å². The molecular weight excluding hydrogens is 312 g/mol. The van der Waals surface area contributed by atoms with Gasteiger partial charge < -0.3 is 10.2 Å². The van der Waals surface area contributed by atoms with Crippen LogP contribution in [0.15, 0.2) is 24.0 Å². The van der Waals surface area contributed by atoms with Crippen LogP contribution in [0, 0.1) is 34.5 Å². The van der Waals surface area contributed by atoms with Gasteiger partial charge in [0.25, 0.3) is 0 Å². The van der Waals surface area contributed by atoms with E-state index in [-0.39, 0.29) is 28.6 Å². The summed E-state index contributed by atoms with van der Waals surface area (Å²) in [5, 5.41) is 19.1. The fourth-order valence-electron chi connectivity index (χ4n) is 7.30. The number of carbonyl (C=O) groups is 1. The van der Waals surface area contributed by atoms with Crippen LogP contribution in [0.3, 0.4) is 0 Å². The number of aliphatic hydroxyl groups excluding tert-OH is 2. The van der Waals surface area contributed by atoms with Gasteiger partial charge in [0.05, 0.1) is 12.4 Å². The quantitative estimate of drug-likeness (QED) is 0.438. The van der Waals surface area contributed by atoms with Crippen LogP contribution >= 0.6 is 0 Å². The van der Waals surface area contributed by atoms with E-state index in [4.69, 9.17) is 5.11 Å². The topological polar surface area (TPSA) is 57.5 Å². The normalized spacial score (nSPS) is 49.2. The average molecular weight is 344 g/mol. The van der Waals surface area contributed by atoms with Crippen molar-refractivity contribution in [1.29, 1.82) is 0 Å². The maximum Gasteiger partial charge on any atom is 0.162 e. The Morgan fingerprint density at radius 2 is 1.96 bits per heavy atom. The zero-order valence-electron chi connectivity index (χ0n) is 15.6. The number of ketones is 1. The van der Waals surface area contributed by atoms with Crippen molar-refractivity contribution in [3.05, 3.63) is 24.0 Å². The summed E-state index contributed by atoms with van der Waals surface area (Å²) in [6.07, 6.45) is 13.1. The molecule has 4 aliphatic carbocycles. The van der Waals surface area contributed by atoms with E-state index in [9.17, 15) is 9.90 Å². The lowest BCUT2D eigenvalue weighted by molar-refractivity contribution is -0.125. The molecule has 0 aromatic carbocycles. The molecule has 25 heavy (non-hydrogen) atoms. The lowest BCUT2D eigenvalue weighted by Gasteiger charge is -2.57. The van der Waals surface area contributed by atoms with Gasteiger partial charge in [-0.1, -0.05) is 25.5 Å². The summed E-state index contributed by atoms with van der Waals surface area (Å²) in [6, 6.07) is 0. The van der Waals surface area contributed by atoms with Gasteiger partial charge in [0.2, 0.25) is 0 Å². The van der Waals surface area contributed by atoms with Crippen molar-refractivity contribution in [2.75, 3.05) is 0 Å². The van der Waals surface area contributed by atoms with E-state index in [0.29, 0.717) is 17.8 Å². The van der Waals surface area contributed by atoms with Crippen LogP contribution in [0.5, 0.6) is 0 Å². The Balaban J connectivity index is 1.63. The summed E-state index contributed by atoms with van der Waals surface area (Å²) >= 11 is 0. The number of aliphatic hydroxyl groups is 2. The van der Waals surface area contributed by atoms with Crippen LogP contribution in [0.2, 0.25) is 0 Å². The van der Waals surface area contributed by atoms with Gasteiger partial charge in [0, 0.05) is 12.0 Å². The van der Waals surface area contributed by atoms with Crippen molar-refractivity contribution in [2.45, 2.75) is 71.3 Å². The predicted molar refractivity (Wildman–Crippen MR) is 98.0 cm³/mol. The minimum atomic E-state index is -0.150. The number of rotatable bonds is 2. The smallest absolute Gasteiger partial charge is 0.162 e. The second-order valence-electron chi connectivity index (χ2n) is 9.55. The molecule has 0 bridgehead atoms. The average Bonchev–Trinajstić information content (AvgIpc) is 2.93. The molecule has 0 heterocycles. The fourth-order valence-corrected chi connectivity index (χ4v) is 7.30. The fraction of sp³-hybridized carbons (Fsp3) is 0.773. The summed E-state index contributed by atoms with van der Waals surface area (Å²) < 4.78 is 0. The van der Waals surface area contributed by atoms with Gasteiger partial charge in [-0.25, -0.2) is 0 Å². The van der Waals surface area contributed by atoms with Crippen LogP contribution < -0.4 is 0 Å². The number of carbonyl (C=O) groups excluding carboxylic acids is 1. The number of hydrogen-bond donors (Lipinski definition) is 2. The van der Waals surface area contributed by atoms with Gasteiger partial charge in [-0.2, -0.15) is 0 Å². The van der Waals surface area contributed by atoms with Crippen LogP contribution in [0.25, 0.3) is 0 Å². The molecule has 0 unspecified atom stereocenters. The van der Waals surface area contributed by atoms with Crippen molar-refractivity contribution in [2.24, 2.45) is 34.5 Å². The Labute approximate surface area is 151 Å². The van der Waals surface area contributed by atoms with E-state index in [2.05, 4.69) is 19.9 Å². The Hall–Kier alpha value is -1.09. The third-order valence-electron chi connectivity index (χ3n) is 8.66. The van der Waals surface area contributed by atoms with E-state index in [1.165, 1.54) is 18.1 Å². The predicted octanol–water partition coefficient (Wildman–Crippen LogP) is 4.57. The summed E-state index contributed by atoms with van der Waals surface area (Å²) in [5.74, 6) is 2.20. The zero-order valence-corrected chi connectivity index (χ0v) is 15.6. The van der Waals surface area contributed by atoms with E-state index in [1.807, 2.05) is 0 Å². The second kappa shape index (κ2) is 5.97. The molecule has 4 rings (SSSR count). The molecule has 2 N–H and O–H groups in total. The minimum Gasteiger partial charge on any atom is -0.515 e.